The van der Waals surface area contributed by atoms with E-state index in [1.54, 1.807) is 0 Å². The Kier molecular flexibility index (Phi) is 12.7. The molecule has 2 rings (SSSR count). The van der Waals surface area contributed by atoms with Crippen LogP contribution in [0.4, 0.5) is 0 Å². The third-order valence-corrected chi connectivity index (χ3v) is 8.91. The van der Waals surface area contributed by atoms with Crippen LogP contribution >= 0.6 is 0 Å². The van der Waals surface area contributed by atoms with E-state index in [1.807, 2.05) is 60.7 Å². The summed E-state index contributed by atoms with van der Waals surface area (Å²) in [6.07, 6.45) is 0. The normalized spacial score (nSPS) is 10.3. The second-order valence-corrected chi connectivity index (χ2v) is 17.4. The first-order valence-corrected chi connectivity index (χ1v) is 14.1. The maximum atomic E-state index is 2.65. The van der Waals surface area contributed by atoms with Crippen LogP contribution in [0.3, 0.4) is 0 Å². The van der Waals surface area contributed by atoms with Crippen LogP contribution < -0.4 is 0 Å². The molecule has 3 heteroatoms. The SMILES string of the molecule is C[Si](C)(C)[CH-][Si](C)(C)C.[Ti+4].c1cc[cH-]c1.c1cc[cH-]c1. The van der Waals surface area contributed by atoms with Crippen molar-refractivity contribution < 1.29 is 21.7 Å². The van der Waals surface area contributed by atoms with Crippen LogP contribution in [0.2, 0.25) is 39.3 Å². The molecule has 2 aromatic carbocycles. The third kappa shape index (κ3) is 20.2. The molecule has 0 aliphatic heterocycles. The fourth-order valence-electron chi connectivity index (χ4n) is 1.94. The minimum Gasteiger partial charge on any atom is -0.327 e. The van der Waals surface area contributed by atoms with Gasteiger partial charge in [-0.1, -0.05) is 39.3 Å². The first-order chi connectivity index (χ1) is 8.71. The Bertz CT molecular complexity index is 291. The number of hydrogen-bond acceptors (Lipinski definition) is 0. The largest absolute Gasteiger partial charge is 4.00 e. The van der Waals surface area contributed by atoms with Gasteiger partial charge in [-0.3, -0.25) is 0 Å². The van der Waals surface area contributed by atoms with Gasteiger partial charge in [-0.15, -0.1) is 16.1 Å². The summed E-state index contributed by atoms with van der Waals surface area (Å²) in [5.74, 6) is 0. The van der Waals surface area contributed by atoms with E-state index in [9.17, 15) is 0 Å². The second-order valence-electron chi connectivity index (χ2n) is 6.80. The molecule has 0 aliphatic carbocycles. The first-order valence-electron chi connectivity index (χ1n) is 6.91. The van der Waals surface area contributed by atoms with Crippen molar-refractivity contribution in [2.75, 3.05) is 0 Å². The van der Waals surface area contributed by atoms with Crippen molar-refractivity contribution in [1.29, 1.82) is 0 Å². The summed E-state index contributed by atoms with van der Waals surface area (Å²) in [4.78, 5) is 0. The molecule has 0 saturated carbocycles. The van der Waals surface area contributed by atoms with Crippen molar-refractivity contribution in [3.05, 3.63) is 66.3 Å². The molecule has 0 aliphatic rings. The molecule has 108 valence electrons. The van der Waals surface area contributed by atoms with Crippen molar-refractivity contribution in [3.63, 3.8) is 0 Å². The minimum absolute atomic E-state index is 0. The van der Waals surface area contributed by atoms with E-state index in [4.69, 9.17) is 0 Å². The molecule has 0 nitrogen and oxygen atoms in total. The number of rotatable bonds is 2. The molecule has 20 heavy (non-hydrogen) atoms. The van der Waals surface area contributed by atoms with Crippen LogP contribution in [-0.4, -0.2) is 16.1 Å². The van der Waals surface area contributed by atoms with Gasteiger partial charge in [0.15, 0.2) is 0 Å². The van der Waals surface area contributed by atoms with E-state index >= 15 is 0 Å². The van der Waals surface area contributed by atoms with Gasteiger partial charge in [0.1, 0.15) is 0 Å². The molecular weight excluding hydrogens is 308 g/mol. The van der Waals surface area contributed by atoms with Crippen LogP contribution in [0.15, 0.2) is 60.7 Å². The molecule has 0 fully saturated rings. The molecule has 0 aromatic heterocycles. The summed E-state index contributed by atoms with van der Waals surface area (Å²) in [6, 6.07) is 20.0. The fraction of sp³-hybridized carbons (Fsp3) is 0.353. The van der Waals surface area contributed by atoms with Crippen molar-refractivity contribution in [2.24, 2.45) is 0 Å². The summed E-state index contributed by atoms with van der Waals surface area (Å²) in [6.45, 7) is 14.4. The van der Waals surface area contributed by atoms with Gasteiger partial charge < -0.3 is 5.67 Å². The average Bonchev–Trinajstić information content (AvgIpc) is 2.93. The molecular formula is C17H29Si2Ti+. The average molecular weight is 337 g/mol. The van der Waals surface area contributed by atoms with Gasteiger partial charge in [-0.2, -0.15) is 36.4 Å². The Morgan fingerprint density at radius 2 is 0.850 bits per heavy atom. The monoisotopic (exact) mass is 337 g/mol. The van der Waals surface area contributed by atoms with E-state index in [0.717, 1.165) is 0 Å². The van der Waals surface area contributed by atoms with E-state index in [1.165, 1.54) is 0 Å². The fourth-order valence-corrected chi connectivity index (χ4v) is 12.3. The van der Waals surface area contributed by atoms with Crippen LogP contribution in [0, 0.1) is 5.67 Å². The van der Waals surface area contributed by atoms with Crippen molar-refractivity contribution in [1.82, 2.24) is 0 Å². The van der Waals surface area contributed by atoms with Crippen LogP contribution in [0.25, 0.3) is 0 Å². The smallest absolute Gasteiger partial charge is 0.327 e. The maximum Gasteiger partial charge on any atom is 4.00 e. The summed E-state index contributed by atoms with van der Waals surface area (Å²) < 4.78 is 0. The number of hydrogen-bond donors (Lipinski definition) is 0. The third-order valence-electron chi connectivity index (χ3n) is 1.98. The summed E-state index contributed by atoms with van der Waals surface area (Å²) in [5.41, 5.74) is 2.65. The minimum atomic E-state index is -0.856. The Hall–Kier alpha value is -0.152. The molecule has 0 unspecified atom stereocenters. The predicted molar refractivity (Wildman–Crippen MR) is 95.1 cm³/mol. The predicted octanol–water partition coefficient (Wildman–Crippen LogP) is 5.75. The van der Waals surface area contributed by atoms with Gasteiger partial charge in [0.2, 0.25) is 0 Å². The summed E-state index contributed by atoms with van der Waals surface area (Å²) in [7, 11) is -1.71. The summed E-state index contributed by atoms with van der Waals surface area (Å²) in [5, 5.41) is 0. The second kappa shape index (κ2) is 11.5. The molecule has 0 N–H and O–H groups in total. The molecule has 0 amide bonds. The van der Waals surface area contributed by atoms with E-state index in [2.05, 4.69) is 44.9 Å². The van der Waals surface area contributed by atoms with Crippen molar-refractivity contribution >= 4 is 16.1 Å². The molecule has 0 radical (unpaired) electrons. The maximum absolute atomic E-state index is 2.65. The van der Waals surface area contributed by atoms with Gasteiger partial charge in [0.25, 0.3) is 0 Å². The molecule has 0 bridgehead atoms. The van der Waals surface area contributed by atoms with Gasteiger partial charge in [0.05, 0.1) is 0 Å². The Balaban J connectivity index is 0. The van der Waals surface area contributed by atoms with Crippen molar-refractivity contribution in [2.45, 2.75) is 39.3 Å². The van der Waals surface area contributed by atoms with Crippen LogP contribution in [-0.2, 0) is 21.7 Å². The molecule has 0 saturated heterocycles. The topological polar surface area (TPSA) is 0 Å². The van der Waals surface area contributed by atoms with E-state index in [-0.39, 0.29) is 21.7 Å². The van der Waals surface area contributed by atoms with E-state index in [0.29, 0.717) is 0 Å². The van der Waals surface area contributed by atoms with E-state index < -0.39 is 16.1 Å². The molecule has 2 aromatic rings. The quantitative estimate of drug-likeness (QED) is 0.483. The van der Waals surface area contributed by atoms with Crippen LogP contribution in [0.5, 0.6) is 0 Å². The van der Waals surface area contributed by atoms with Crippen molar-refractivity contribution in [3.8, 4) is 0 Å². The Labute approximate surface area is 143 Å². The zero-order chi connectivity index (χ0) is 14.8. The first kappa shape index (κ1) is 22.1. The Morgan fingerprint density at radius 3 is 0.900 bits per heavy atom. The molecule has 0 atom stereocenters. The standard InChI is InChI=1S/C7H19Si2.2C5H5.Ti/c1-8(2,3)7-9(4,5)6;2*1-2-4-5-3-1;/h7H,1-6H3;2*1-5H;/q3*-1;+4. The molecule has 0 spiro atoms. The van der Waals surface area contributed by atoms with Crippen LogP contribution in [0.1, 0.15) is 0 Å². The van der Waals surface area contributed by atoms with Gasteiger partial charge in [-0.25, -0.2) is 24.3 Å². The molecule has 0 heterocycles. The van der Waals surface area contributed by atoms with Gasteiger partial charge >= 0.3 is 21.7 Å². The Morgan fingerprint density at radius 1 is 0.600 bits per heavy atom. The zero-order valence-electron chi connectivity index (χ0n) is 13.9. The van der Waals surface area contributed by atoms with Gasteiger partial charge in [0, 0.05) is 0 Å². The summed E-state index contributed by atoms with van der Waals surface area (Å²) >= 11 is 0. The zero-order valence-corrected chi connectivity index (χ0v) is 17.4. The van der Waals surface area contributed by atoms with Gasteiger partial charge in [-0.05, 0) is 0 Å².